The van der Waals surface area contributed by atoms with E-state index in [1.54, 1.807) is 19.1 Å². The number of aliphatic hydroxyl groups is 1. The molecule has 3 saturated heterocycles. The molecule has 20 nitrogen and oxygen atoms in total. The van der Waals surface area contributed by atoms with Gasteiger partial charge in [0.1, 0.15) is 23.4 Å². The minimum atomic E-state index is -1.45. The van der Waals surface area contributed by atoms with Crippen molar-refractivity contribution in [3.8, 4) is 0 Å². The lowest BCUT2D eigenvalue weighted by Crippen LogP contribution is -2.63. The zero-order valence-corrected chi connectivity index (χ0v) is 37.7. The number of carbonyl (C=O) groups excluding carboxylic acids is 4. The van der Waals surface area contributed by atoms with Crippen LogP contribution in [0.1, 0.15) is 61.3 Å². The first-order valence-corrected chi connectivity index (χ1v) is 23.1. The molecule has 7 rings (SSSR count). The van der Waals surface area contributed by atoms with E-state index >= 15 is 0 Å². The van der Waals surface area contributed by atoms with Gasteiger partial charge in [-0.15, -0.1) is 23.5 Å². The van der Waals surface area contributed by atoms with Crippen LogP contribution in [0, 0.1) is 23.7 Å². The largest absolute Gasteiger partial charge is 0.481 e. The Labute approximate surface area is 386 Å². The Morgan fingerprint density at radius 3 is 1.95 bits per heavy atom. The van der Waals surface area contributed by atoms with E-state index in [-0.39, 0.29) is 44.6 Å². The number of aliphatic carboxylic acids is 3. The SMILES string of the molecule is C[C@H]1[C@@H]([C@H](C(=O)O)[C@@H](C)OC(=O)c2cccc(NC(=O)[C@@H]3C[C@@H](SC4=C(C(=O)O)N5C(=O)[C@H]([C@@H](C)O)[C@H]5[C@H]4C)CN3)c2)N=C(C(=O)O)[C@H]1S[C@@H]1CN[C@H](C(=O)Nc2cccc(C(=O)O)c2)C1. The third kappa shape index (κ3) is 9.68. The highest BCUT2D eigenvalue weighted by Gasteiger charge is 2.60. The van der Waals surface area contributed by atoms with Gasteiger partial charge in [0, 0.05) is 45.8 Å². The average Bonchev–Trinajstić information content (AvgIpc) is 4.04. The normalized spacial score (nSPS) is 29.3. The molecule has 2 aromatic carbocycles. The van der Waals surface area contributed by atoms with Crippen molar-refractivity contribution in [2.75, 3.05) is 23.7 Å². The monoisotopic (exact) mass is 950 g/mol. The summed E-state index contributed by atoms with van der Waals surface area (Å²) < 4.78 is 5.67. The van der Waals surface area contributed by atoms with Crippen LogP contribution in [0.2, 0.25) is 0 Å². The highest BCUT2D eigenvalue weighted by molar-refractivity contribution is 8.03. The molecule has 3 amide bonds. The van der Waals surface area contributed by atoms with Crippen molar-refractivity contribution in [1.82, 2.24) is 15.5 Å². The summed E-state index contributed by atoms with van der Waals surface area (Å²) in [6.45, 7) is 7.08. The molecule has 5 aliphatic heterocycles. The molecule has 0 radical (unpaired) electrons. The van der Waals surface area contributed by atoms with Gasteiger partial charge in [0.2, 0.25) is 17.7 Å². The van der Waals surface area contributed by atoms with Gasteiger partial charge in [-0.05, 0) is 69.0 Å². The van der Waals surface area contributed by atoms with Crippen molar-refractivity contribution in [3.05, 3.63) is 70.3 Å². The van der Waals surface area contributed by atoms with Crippen molar-refractivity contribution in [1.29, 1.82) is 0 Å². The first-order valence-electron chi connectivity index (χ1n) is 21.3. The number of nitrogens with zero attached hydrogens (tertiary/aromatic N) is 2. The summed E-state index contributed by atoms with van der Waals surface area (Å²) in [6.07, 6.45) is -1.60. The van der Waals surface area contributed by atoms with E-state index in [1.807, 2.05) is 6.92 Å². The van der Waals surface area contributed by atoms with Gasteiger partial charge < -0.3 is 56.4 Å². The standard InChI is InChI=1S/C44H50N6O14S2/c1-17-31(49-32(42(59)60)35(17)65-25-13-27(45-15-25)37(52)47-23-9-5-7-21(11-23)40(55)56)30(41(57)58)20(4)64-44(63)22-8-6-10-24(12-22)48-38(53)28-14-26(16-46-28)66-36-18(2)33-29(19(3)51)39(54)50(33)34(36)43(61)62/h5-12,17-20,25-31,33,35,45-46,51H,13-16H2,1-4H3,(H,47,52)(H,48,53)(H,55,56)(H,57,58)(H,59,60)(H,61,62)/t17-,18+,19+,20+,25-,26+,27-,28-,29+,30+,31-,33+,35-/m0/s1. The number of ether oxygens (including phenoxy) is 1. The van der Waals surface area contributed by atoms with Crippen LogP contribution in [0.25, 0.3) is 0 Å². The van der Waals surface area contributed by atoms with E-state index in [0.29, 0.717) is 36.5 Å². The number of thioether (sulfide) groups is 2. The van der Waals surface area contributed by atoms with Gasteiger partial charge in [-0.25, -0.2) is 19.2 Å². The lowest BCUT2D eigenvalue weighted by molar-refractivity contribution is -0.163. The van der Waals surface area contributed by atoms with Crippen molar-refractivity contribution in [2.24, 2.45) is 28.7 Å². The molecule has 0 aromatic heterocycles. The van der Waals surface area contributed by atoms with Crippen LogP contribution in [-0.4, -0.2) is 149 Å². The second kappa shape index (κ2) is 19.6. The van der Waals surface area contributed by atoms with Crippen molar-refractivity contribution >= 4 is 88.2 Å². The number of aromatic carboxylic acids is 1. The molecule has 352 valence electrons. The van der Waals surface area contributed by atoms with Gasteiger partial charge >= 0.3 is 29.8 Å². The number of benzene rings is 2. The van der Waals surface area contributed by atoms with E-state index in [1.165, 1.54) is 78.7 Å². The summed E-state index contributed by atoms with van der Waals surface area (Å²) in [5, 5.41) is 60.5. The number of aliphatic hydroxyl groups excluding tert-OH is 1. The van der Waals surface area contributed by atoms with Gasteiger partial charge in [0.05, 0.1) is 52.6 Å². The molecular weight excluding hydrogens is 901 g/mol. The molecule has 5 heterocycles. The fraction of sp³-hybridized carbons (Fsp3) is 0.477. The predicted octanol–water partition coefficient (Wildman–Crippen LogP) is 2.20. The summed E-state index contributed by atoms with van der Waals surface area (Å²) in [7, 11) is 0. The summed E-state index contributed by atoms with van der Waals surface area (Å²) in [4.78, 5) is 108. The minimum absolute atomic E-state index is 0.000756. The Morgan fingerprint density at radius 1 is 0.818 bits per heavy atom. The van der Waals surface area contributed by atoms with Gasteiger partial charge in [0.25, 0.3) is 0 Å². The Balaban J connectivity index is 0.939. The lowest BCUT2D eigenvalue weighted by Gasteiger charge is -2.46. The van der Waals surface area contributed by atoms with E-state index in [4.69, 9.17) is 4.74 Å². The van der Waals surface area contributed by atoms with Crippen LogP contribution in [0.4, 0.5) is 11.4 Å². The van der Waals surface area contributed by atoms with Crippen molar-refractivity contribution in [2.45, 2.75) is 92.7 Å². The summed E-state index contributed by atoms with van der Waals surface area (Å²) in [5.74, 6) is -10.4. The number of fused-ring (bicyclic) bond motifs is 1. The molecule has 13 atom stereocenters. The summed E-state index contributed by atoms with van der Waals surface area (Å²) >= 11 is 2.56. The van der Waals surface area contributed by atoms with Crippen molar-refractivity contribution in [3.63, 3.8) is 0 Å². The maximum Gasteiger partial charge on any atom is 0.353 e. The quantitative estimate of drug-likeness (QED) is 0.0811. The van der Waals surface area contributed by atoms with E-state index in [0.717, 1.165) is 0 Å². The fourth-order valence-electron chi connectivity index (χ4n) is 9.46. The first kappa shape index (κ1) is 48.1. The second-order valence-electron chi connectivity index (χ2n) is 17.2. The van der Waals surface area contributed by atoms with Crippen LogP contribution in [0.5, 0.6) is 0 Å². The number of amides is 3. The number of esters is 1. The fourth-order valence-corrected chi connectivity index (χ4v) is 12.6. The second-order valence-corrected chi connectivity index (χ2v) is 20.0. The number of nitrogens with one attached hydrogen (secondary N) is 4. The number of anilines is 2. The Morgan fingerprint density at radius 2 is 1.39 bits per heavy atom. The number of rotatable bonds is 17. The Bertz CT molecular complexity index is 2410. The zero-order chi connectivity index (χ0) is 47.9. The first-order chi connectivity index (χ1) is 31.2. The molecule has 66 heavy (non-hydrogen) atoms. The number of hydrogen-bond acceptors (Lipinski definition) is 15. The maximum absolute atomic E-state index is 13.5. The molecule has 2 aromatic rings. The molecule has 3 fully saturated rings. The number of aliphatic imine (C=N–C) groups is 1. The highest BCUT2D eigenvalue weighted by Crippen LogP contribution is 2.52. The molecule has 5 aliphatic rings. The smallest absolute Gasteiger partial charge is 0.353 e. The van der Waals surface area contributed by atoms with Crippen LogP contribution in [0.15, 0.2) is 64.1 Å². The highest BCUT2D eigenvalue weighted by atomic mass is 32.2. The third-order valence-corrected chi connectivity index (χ3v) is 15.9. The van der Waals surface area contributed by atoms with E-state index in [2.05, 4.69) is 26.3 Å². The summed E-state index contributed by atoms with van der Waals surface area (Å²) in [5.41, 5.74) is 0.209. The Kier molecular flexibility index (Phi) is 14.3. The number of carboxylic acid groups (broad SMARTS) is 4. The molecule has 0 bridgehead atoms. The molecule has 22 heteroatoms. The van der Waals surface area contributed by atoms with E-state index < -0.39 is 107 Å². The molecule has 0 aliphatic carbocycles. The average molecular weight is 951 g/mol. The van der Waals surface area contributed by atoms with Crippen LogP contribution < -0.4 is 21.3 Å². The predicted molar refractivity (Wildman–Crippen MR) is 240 cm³/mol. The van der Waals surface area contributed by atoms with Gasteiger partial charge in [0.15, 0.2) is 0 Å². The maximum atomic E-state index is 13.5. The number of hydrogen-bond donors (Lipinski definition) is 9. The molecule has 0 spiro atoms. The molecule has 9 N–H and O–H groups in total. The van der Waals surface area contributed by atoms with Gasteiger partial charge in [-0.2, -0.15) is 0 Å². The number of carboxylic acids is 4. The van der Waals surface area contributed by atoms with Crippen LogP contribution in [0.3, 0.4) is 0 Å². The molecule has 0 saturated carbocycles. The Hall–Kier alpha value is -5.81. The summed E-state index contributed by atoms with van der Waals surface area (Å²) in [6, 6.07) is 8.73. The molecule has 0 unspecified atom stereocenters. The lowest BCUT2D eigenvalue weighted by atomic mass is 9.79. The van der Waals surface area contributed by atoms with Crippen molar-refractivity contribution < 1.29 is 68.6 Å². The number of carbonyl (C=O) groups is 8. The minimum Gasteiger partial charge on any atom is -0.481 e. The number of β-lactam (4-membered cyclic amide) rings is 1. The van der Waals surface area contributed by atoms with E-state index in [9.17, 15) is 63.9 Å². The van der Waals surface area contributed by atoms with Crippen LogP contribution >= 0.6 is 23.5 Å². The third-order valence-electron chi connectivity index (χ3n) is 12.7. The van der Waals surface area contributed by atoms with Crippen LogP contribution in [-0.2, 0) is 33.5 Å². The van der Waals surface area contributed by atoms with Gasteiger partial charge in [-0.1, -0.05) is 26.0 Å². The zero-order valence-electron chi connectivity index (χ0n) is 36.1. The topological polar surface area (TPSA) is 311 Å². The van der Waals surface area contributed by atoms with Gasteiger partial charge in [-0.3, -0.25) is 24.2 Å². The molecular formula is C44H50N6O14S2.